The van der Waals surface area contributed by atoms with Gasteiger partial charge in [-0.3, -0.25) is 9.59 Å². The number of rotatable bonds is 5. The van der Waals surface area contributed by atoms with E-state index in [-0.39, 0.29) is 12.3 Å². The fourth-order valence-corrected chi connectivity index (χ4v) is 1.73. The Labute approximate surface area is 114 Å². The van der Waals surface area contributed by atoms with Gasteiger partial charge in [-0.2, -0.15) is 0 Å². The molecule has 5 nitrogen and oxygen atoms in total. The lowest BCUT2D eigenvalue weighted by Gasteiger charge is -2.25. The maximum Gasteiger partial charge on any atom is 0.303 e. The van der Waals surface area contributed by atoms with E-state index in [4.69, 9.17) is 5.11 Å². The molecule has 0 fully saturated rings. The summed E-state index contributed by atoms with van der Waals surface area (Å²) in [5.41, 5.74) is -0.285. The summed E-state index contributed by atoms with van der Waals surface area (Å²) in [4.78, 5) is 26.5. The standard InChI is InChI=1S/C12H15BrN2O3/c1-12(2,7-6-10(16)17)15-11(18)8-4-3-5-9(13)14-8/h3-5H,6-7H2,1-2H3,(H,15,18)(H,16,17). The zero-order valence-corrected chi connectivity index (χ0v) is 11.8. The quantitative estimate of drug-likeness (QED) is 0.817. The first kappa shape index (κ1) is 14.6. The van der Waals surface area contributed by atoms with Crippen molar-refractivity contribution in [3.8, 4) is 0 Å². The van der Waals surface area contributed by atoms with Gasteiger partial charge in [0.05, 0.1) is 0 Å². The van der Waals surface area contributed by atoms with Crippen LogP contribution in [-0.2, 0) is 4.79 Å². The van der Waals surface area contributed by atoms with E-state index >= 15 is 0 Å². The second-order valence-corrected chi connectivity index (χ2v) is 5.39. The fraction of sp³-hybridized carbons (Fsp3) is 0.417. The molecule has 0 unspecified atom stereocenters. The molecule has 1 aromatic heterocycles. The first-order valence-electron chi connectivity index (χ1n) is 5.47. The Morgan fingerprint density at radius 2 is 2.11 bits per heavy atom. The van der Waals surface area contributed by atoms with Crippen molar-refractivity contribution in [2.75, 3.05) is 0 Å². The molecule has 2 N–H and O–H groups in total. The van der Waals surface area contributed by atoms with E-state index in [1.165, 1.54) is 0 Å². The van der Waals surface area contributed by atoms with Gasteiger partial charge in [-0.15, -0.1) is 0 Å². The number of carbonyl (C=O) groups excluding carboxylic acids is 1. The maximum atomic E-state index is 11.9. The molecule has 18 heavy (non-hydrogen) atoms. The highest BCUT2D eigenvalue weighted by atomic mass is 79.9. The smallest absolute Gasteiger partial charge is 0.303 e. The third kappa shape index (κ3) is 4.83. The minimum Gasteiger partial charge on any atom is -0.481 e. The summed E-state index contributed by atoms with van der Waals surface area (Å²) >= 11 is 3.19. The first-order valence-corrected chi connectivity index (χ1v) is 6.26. The minimum atomic E-state index is -0.877. The van der Waals surface area contributed by atoms with Crippen molar-refractivity contribution < 1.29 is 14.7 Å². The van der Waals surface area contributed by atoms with Crippen LogP contribution in [0.4, 0.5) is 0 Å². The summed E-state index contributed by atoms with van der Waals surface area (Å²) in [6.45, 7) is 3.57. The van der Waals surface area contributed by atoms with Gasteiger partial charge in [-0.25, -0.2) is 4.98 Å². The summed E-state index contributed by atoms with van der Waals surface area (Å²) in [5, 5.41) is 11.4. The zero-order chi connectivity index (χ0) is 13.8. The normalized spacial score (nSPS) is 11.1. The van der Waals surface area contributed by atoms with Gasteiger partial charge in [0.25, 0.3) is 5.91 Å². The van der Waals surface area contributed by atoms with Crippen LogP contribution in [0.25, 0.3) is 0 Å². The number of halogens is 1. The predicted molar refractivity (Wildman–Crippen MR) is 70.4 cm³/mol. The number of hydrogen-bond donors (Lipinski definition) is 2. The van der Waals surface area contributed by atoms with E-state index in [0.29, 0.717) is 16.7 Å². The molecule has 0 bridgehead atoms. The van der Waals surface area contributed by atoms with Crippen molar-refractivity contribution >= 4 is 27.8 Å². The summed E-state index contributed by atoms with van der Waals surface area (Å²) < 4.78 is 0.582. The predicted octanol–water partition coefficient (Wildman–Crippen LogP) is 2.22. The van der Waals surface area contributed by atoms with Crippen LogP contribution < -0.4 is 5.32 Å². The highest BCUT2D eigenvalue weighted by molar-refractivity contribution is 9.10. The van der Waals surface area contributed by atoms with Crippen molar-refractivity contribution in [1.29, 1.82) is 0 Å². The number of carboxylic acids is 1. The molecular weight excluding hydrogens is 300 g/mol. The molecule has 0 aliphatic rings. The van der Waals surface area contributed by atoms with Gasteiger partial charge >= 0.3 is 5.97 Å². The Kier molecular flexibility index (Phi) is 4.84. The Balaban J connectivity index is 2.66. The fourth-order valence-electron chi connectivity index (χ4n) is 1.39. The van der Waals surface area contributed by atoms with Crippen LogP contribution in [0.5, 0.6) is 0 Å². The van der Waals surface area contributed by atoms with Gasteiger partial charge in [0, 0.05) is 12.0 Å². The van der Waals surface area contributed by atoms with E-state index in [1.54, 1.807) is 32.0 Å². The number of nitrogens with one attached hydrogen (secondary N) is 1. The Morgan fingerprint density at radius 3 is 2.67 bits per heavy atom. The van der Waals surface area contributed by atoms with Gasteiger partial charge < -0.3 is 10.4 Å². The molecule has 1 heterocycles. The molecule has 1 amide bonds. The van der Waals surface area contributed by atoms with Crippen LogP contribution in [-0.4, -0.2) is 27.5 Å². The van der Waals surface area contributed by atoms with Crippen molar-refractivity contribution in [2.24, 2.45) is 0 Å². The van der Waals surface area contributed by atoms with Crippen LogP contribution in [0, 0.1) is 0 Å². The Hall–Kier alpha value is -1.43. The lowest BCUT2D eigenvalue weighted by molar-refractivity contribution is -0.137. The van der Waals surface area contributed by atoms with Gasteiger partial charge in [-0.1, -0.05) is 6.07 Å². The molecule has 0 atom stereocenters. The third-order valence-electron chi connectivity index (χ3n) is 2.36. The molecule has 0 radical (unpaired) electrons. The number of pyridine rings is 1. The average molecular weight is 315 g/mol. The van der Waals surface area contributed by atoms with Crippen LogP contribution in [0.3, 0.4) is 0 Å². The number of aromatic nitrogens is 1. The number of nitrogens with zero attached hydrogens (tertiary/aromatic N) is 1. The lowest BCUT2D eigenvalue weighted by atomic mass is 9.98. The Morgan fingerprint density at radius 1 is 1.44 bits per heavy atom. The number of amides is 1. The number of aliphatic carboxylic acids is 1. The molecule has 98 valence electrons. The highest BCUT2D eigenvalue weighted by Crippen LogP contribution is 2.13. The average Bonchev–Trinajstić information content (AvgIpc) is 2.26. The zero-order valence-electron chi connectivity index (χ0n) is 10.2. The Bertz CT molecular complexity index is 460. The topological polar surface area (TPSA) is 79.3 Å². The van der Waals surface area contributed by atoms with Crippen molar-refractivity contribution in [3.05, 3.63) is 28.5 Å². The molecule has 1 aromatic rings. The van der Waals surface area contributed by atoms with Gasteiger partial charge in [0.2, 0.25) is 0 Å². The molecule has 0 saturated carbocycles. The van der Waals surface area contributed by atoms with Crippen LogP contribution >= 0.6 is 15.9 Å². The van der Waals surface area contributed by atoms with Crippen molar-refractivity contribution in [3.63, 3.8) is 0 Å². The van der Waals surface area contributed by atoms with E-state index < -0.39 is 11.5 Å². The monoisotopic (exact) mass is 314 g/mol. The first-order chi connectivity index (χ1) is 8.30. The molecule has 0 saturated heterocycles. The SMILES string of the molecule is CC(C)(CCC(=O)O)NC(=O)c1cccc(Br)n1. The second-order valence-electron chi connectivity index (χ2n) is 4.58. The highest BCUT2D eigenvalue weighted by Gasteiger charge is 2.22. The summed E-state index contributed by atoms with van der Waals surface area (Å²) in [6.07, 6.45) is 0.376. The lowest BCUT2D eigenvalue weighted by Crippen LogP contribution is -2.44. The van der Waals surface area contributed by atoms with Gasteiger partial charge in [0.15, 0.2) is 0 Å². The maximum absolute atomic E-state index is 11.9. The molecule has 0 aliphatic heterocycles. The minimum absolute atomic E-state index is 0.0131. The van der Waals surface area contributed by atoms with E-state index in [0.717, 1.165) is 0 Å². The van der Waals surface area contributed by atoms with Crippen molar-refractivity contribution in [1.82, 2.24) is 10.3 Å². The van der Waals surface area contributed by atoms with Crippen molar-refractivity contribution in [2.45, 2.75) is 32.2 Å². The van der Waals surface area contributed by atoms with E-state index in [1.807, 2.05) is 0 Å². The summed E-state index contributed by atoms with van der Waals surface area (Å²) in [7, 11) is 0. The number of carbonyl (C=O) groups is 2. The molecule has 0 spiro atoms. The largest absolute Gasteiger partial charge is 0.481 e. The third-order valence-corrected chi connectivity index (χ3v) is 2.81. The molecule has 6 heteroatoms. The second kappa shape index (κ2) is 5.95. The number of hydrogen-bond acceptors (Lipinski definition) is 3. The summed E-state index contributed by atoms with van der Waals surface area (Å²) in [6, 6.07) is 5.05. The number of carboxylic acid groups (broad SMARTS) is 1. The molecular formula is C12H15BrN2O3. The van der Waals surface area contributed by atoms with E-state index in [9.17, 15) is 9.59 Å². The van der Waals surface area contributed by atoms with E-state index in [2.05, 4.69) is 26.2 Å². The van der Waals surface area contributed by atoms with Gasteiger partial charge in [0.1, 0.15) is 10.3 Å². The molecule has 0 aromatic carbocycles. The molecule has 0 aliphatic carbocycles. The van der Waals surface area contributed by atoms with Crippen LogP contribution in [0.15, 0.2) is 22.8 Å². The van der Waals surface area contributed by atoms with Gasteiger partial charge in [-0.05, 0) is 48.3 Å². The summed E-state index contributed by atoms with van der Waals surface area (Å²) in [5.74, 6) is -1.19. The van der Waals surface area contributed by atoms with Crippen LogP contribution in [0.2, 0.25) is 0 Å². The molecule has 1 rings (SSSR count). The van der Waals surface area contributed by atoms with Crippen LogP contribution in [0.1, 0.15) is 37.2 Å².